The molecule has 0 aliphatic rings. The predicted octanol–water partition coefficient (Wildman–Crippen LogP) is 6.72. The van der Waals surface area contributed by atoms with Crippen molar-refractivity contribution in [1.29, 1.82) is 10.5 Å². The molecule has 7 nitrogen and oxygen atoms in total. The van der Waals surface area contributed by atoms with Gasteiger partial charge in [0.05, 0.1) is 36.1 Å². The highest BCUT2D eigenvalue weighted by atomic mass is 19.4. The first-order chi connectivity index (χ1) is 20.3. The van der Waals surface area contributed by atoms with E-state index in [-0.39, 0.29) is 63.6 Å². The van der Waals surface area contributed by atoms with Crippen LogP contribution in [0.3, 0.4) is 0 Å². The van der Waals surface area contributed by atoms with Crippen molar-refractivity contribution in [3.8, 4) is 12.1 Å². The number of H-pyrrole nitrogens is 1. The fourth-order valence-corrected chi connectivity index (χ4v) is 4.81. The van der Waals surface area contributed by atoms with Crippen molar-refractivity contribution in [2.45, 2.75) is 56.9 Å². The summed E-state index contributed by atoms with van der Waals surface area (Å²) in [5.74, 6) is -1.34. The molecule has 2 aromatic carbocycles. The molecule has 0 aliphatic carbocycles. The minimum absolute atomic E-state index is 0.00501. The average molecular weight is 606 g/mol. The zero-order chi connectivity index (χ0) is 31.8. The Labute approximate surface area is 244 Å². The van der Waals surface area contributed by atoms with Gasteiger partial charge in [0.25, 0.3) is 5.91 Å². The molecule has 0 aliphatic heterocycles. The second kappa shape index (κ2) is 14.1. The zero-order valence-electron chi connectivity index (χ0n) is 23.2. The van der Waals surface area contributed by atoms with Crippen LogP contribution in [0.2, 0.25) is 0 Å². The third kappa shape index (κ3) is 8.74. The summed E-state index contributed by atoms with van der Waals surface area (Å²) >= 11 is 0. The Morgan fingerprint density at radius 1 is 0.930 bits per heavy atom. The van der Waals surface area contributed by atoms with Gasteiger partial charge in [-0.1, -0.05) is 18.2 Å². The van der Waals surface area contributed by atoms with Gasteiger partial charge < -0.3 is 14.8 Å². The largest absolute Gasteiger partial charge is 0.416 e. The molecule has 0 radical (unpaired) electrons. The number of nitrogens with one attached hydrogen (secondary N) is 1. The van der Waals surface area contributed by atoms with E-state index in [1.807, 2.05) is 30.3 Å². The molecule has 0 saturated heterocycles. The molecule has 1 unspecified atom stereocenters. The molecule has 43 heavy (non-hydrogen) atoms. The molecule has 1 N–H and O–H groups in total. The van der Waals surface area contributed by atoms with E-state index >= 15 is 0 Å². The molecule has 1 heterocycles. The fourth-order valence-electron chi connectivity index (χ4n) is 4.81. The van der Waals surface area contributed by atoms with Gasteiger partial charge in [-0.25, -0.2) is 0 Å². The summed E-state index contributed by atoms with van der Waals surface area (Å²) in [4.78, 5) is 31.9. The van der Waals surface area contributed by atoms with Gasteiger partial charge in [-0.3, -0.25) is 9.59 Å². The Hall–Kier alpha value is -4.52. The highest BCUT2D eigenvalue weighted by Crippen LogP contribution is 2.37. The van der Waals surface area contributed by atoms with Crippen LogP contribution in [0.4, 0.5) is 26.3 Å². The molecule has 1 aromatic heterocycles. The number of fused-ring (bicyclic) bond motifs is 1. The summed E-state index contributed by atoms with van der Waals surface area (Å²) in [7, 11) is 1.31. The molecular weight excluding hydrogens is 576 g/mol. The lowest BCUT2D eigenvalue weighted by molar-refractivity contribution is -0.143. The lowest BCUT2D eigenvalue weighted by Crippen LogP contribution is -2.39. The number of hydrogen-bond donors (Lipinski definition) is 1. The van der Waals surface area contributed by atoms with Gasteiger partial charge in [0.1, 0.15) is 0 Å². The van der Waals surface area contributed by atoms with Crippen molar-refractivity contribution in [3.05, 3.63) is 70.9 Å². The van der Waals surface area contributed by atoms with Gasteiger partial charge in [-0.05, 0) is 49.1 Å². The third-order valence-electron chi connectivity index (χ3n) is 7.10. The number of aromatic nitrogens is 1. The quantitative estimate of drug-likeness (QED) is 0.232. The van der Waals surface area contributed by atoms with E-state index in [4.69, 9.17) is 10.5 Å². The number of likely N-dealkylation sites (N-methyl/N-ethyl adjacent to an activating group) is 1. The molecular formula is C30H29F6N5O2. The van der Waals surface area contributed by atoms with Crippen LogP contribution in [0, 0.1) is 22.7 Å². The molecule has 0 spiro atoms. The summed E-state index contributed by atoms with van der Waals surface area (Å²) in [6.45, 7) is 0.288. The number of alkyl halides is 6. The number of hydrogen-bond acceptors (Lipinski definition) is 4. The first-order valence-corrected chi connectivity index (χ1v) is 13.4. The van der Waals surface area contributed by atoms with Crippen LogP contribution < -0.4 is 0 Å². The van der Waals surface area contributed by atoms with Crippen molar-refractivity contribution < 1.29 is 35.9 Å². The molecule has 0 bridgehead atoms. The van der Waals surface area contributed by atoms with E-state index in [0.29, 0.717) is 12.1 Å². The van der Waals surface area contributed by atoms with Crippen LogP contribution in [0.5, 0.6) is 0 Å². The van der Waals surface area contributed by atoms with E-state index in [1.165, 1.54) is 11.9 Å². The molecule has 13 heteroatoms. The predicted molar refractivity (Wildman–Crippen MR) is 145 cm³/mol. The Morgan fingerprint density at radius 3 is 2.07 bits per heavy atom. The minimum atomic E-state index is -5.11. The molecule has 228 valence electrons. The maximum Gasteiger partial charge on any atom is 0.416 e. The van der Waals surface area contributed by atoms with Gasteiger partial charge in [0.15, 0.2) is 0 Å². The third-order valence-corrected chi connectivity index (χ3v) is 7.10. The standard InChI is InChI=1S/C30H29F6N5O2/c1-40(28(43)20-15-22(29(31,32)33)18-23(16-20)30(34,35)36)24(17-21-19-39-26-9-3-2-8-25(21)26)7-4-10-27(42)41(13-5-11-37)14-6-12-38/h2-3,8-9,15-16,18-19,24,39H,4-7,10,13-14,17H2,1H3. The SMILES string of the molecule is CN(C(=O)c1cc(C(F)(F)F)cc(C(F)(F)F)c1)C(CCCC(=O)N(CCC#N)CCC#N)Cc1c[nH]c2ccccc12. The number of carbonyl (C=O) groups excluding carboxylic acids is 2. The molecule has 0 fully saturated rings. The number of nitriles is 2. The van der Waals surface area contributed by atoms with Crippen LogP contribution in [0.1, 0.15) is 59.2 Å². The van der Waals surface area contributed by atoms with Crippen LogP contribution in [0.15, 0.2) is 48.7 Å². The van der Waals surface area contributed by atoms with Crippen molar-refractivity contribution in [3.63, 3.8) is 0 Å². The zero-order valence-corrected chi connectivity index (χ0v) is 23.2. The van der Waals surface area contributed by atoms with Crippen LogP contribution in [-0.4, -0.2) is 52.8 Å². The average Bonchev–Trinajstić information content (AvgIpc) is 3.37. The molecule has 3 rings (SSSR count). The normalized spacial score (nSPS) is 12.4. The summed E-state index contributed by atoms with van der Waals surface area (Å²) < 4.78 is 80.7. The van der Waals surface area contributed by atoms with E-state index in [0.717, 1.165) is 21.4 Å². The molecule has 0 saturated carbocycles. The second-order valence-electron chi connectivity index (χ2n) is 10.0. The smallest absolute Gasteiger partial charge is 0.361 e. The molecule has 1 atom stereocenters. The van der Waals surface area contributed by atoms with E-state index in [1.54, 1.807) is 12.3 Å². The van der Waals surface area contributed by atoms with Gasteiger partial charge in [0.2, 0.25) is 5.91 Å². The van der Waals surface area contributed by atoms with Gasteiger partial charge in [-0.15, -0.1) is 0 Å². The minimum Gasteiger partial charge on any atom is -0.361 e. The number of amides is 2. The second-order valence-corrected chi connectivity index (χ2v) is 10.0. The maximum atomic E-state index is 13.5. The van der Waals surface area contributed by atoms with Crippen molar-refractivity contribution in [1.82, 2.24) is 14.8 Å². The number of halogens is 6. The Balaban J connectivity index is 1.89. The first-order valence-electron chi connectivity index (χ1n) is 13.4. The summed E-state index contributed by atoms with van der Waals surface area (Å²) in [5, 5.41) is 18.6. The summed E-state index contributed by atoms with van der Waals surface area (Å²) in [5.41, 5.74) is -2.36. The van der Waals surface area contributed by atoms with Crippen LogP contribution >= 0.6 is 0 Å². The highest BCUT2D eigenvalue weighted by Gasteiger charge is 2.38. The number of nitrogens with zero attached hydrogens (tertiary/aromatic N) is 4. The monoisotopic (exact) mass is 605 g/mol. The van der Waals surface area contributed by atoms with E-state index in [9.17, 15) is 35.9 Å². The first kappa shape index (κ1) is 33.0. The fraction of sp³-hybridized carbons (Fsp3) is 0.400. The van der Waals surface area contributed by atoms with Gasteiger partial charge in [-0.2, -0.15) is 36.9 Å². The highest BCUT2D eigenvalue weighted by molar-refractivity contribution is 5.95. The Morgan fingerprint density at radius 2 is 1.51 bits per heavy atom. The number of aromatic amines is 1. The number of benzene rings is 2. The summed E-state index contributed by atoms with van der Waals surface area (Å²) in [6.07, 6.45) is -7.70. The maximum absolute atomic E-state index is 13.5. The Bertz CT molecular complexity index is 1470. The van der Waals surface area contributed by atoms with Gasteiger partial charge >= 0.3 is 12.4 Å². The Kier molecular flexibility index (Phi) is 10.8. The van der Waals surface area contributed by atoms with Crippen molar-refractivity contribution in [2.75, 3.05) is 20.1 Å². The van der Waals surface area contributed by atoms with Crippen LogP contribution in [0.25, 0.3) is 10.9 Å². The summed E-state index contributed by atoms with van der Waals surface area (Å²) in [6, 6.07) is 11.3. The van der Waals surface area contributed by atoms with Crippen LogP contribution in [-0.2, 0) is 23.6 Å². The van der Waals surface area contributed by atoms with Crippen molar-refractivity contribution in [2.24, 2.45) is 0 Å². The molecule has 2 amide bonds. The number of carbonyl (C=O) groups is 2. The lowest BCUT2D eigenvalue weighted by atomic mass is 9.97. The van der Waals surface area contributed by atoms with Crippen molar-refractivity contribution >= 4 is 22.7 Å². The van der Waals surface area contributed by atoms with E-state index in [2.05, 4.69) is 4.98 Å². The topological polar surface area (TPSA) is 104 Å². The van der Waals surface area contributed by atoms with Gasteiger partial charge in [0, 0.05) is 55.3 Å². The number of rotatable bonds is 12. The van der Waals surface area contributed by atoms with E-state index < -0.39 is 41.0 Å². The lowest BCUT2D eigenvalue weighted by Gasteiger charge is -2.29. The molecule has 3 aromatic rings. The number of para-hydroxylation sites is 1.